The number of sulfonamides is 1. The van der Waals surface area contributed by atoms with E-state index in [0.29, 0.717) is 31.6 Å². The first-order valence-electron chi connectivity index (χ1n) is 11.4. The lowest BCUT2D eigenvalue weighted by Crippen LogP contribution is -2.37. The van der Waals surface area contributed by atoms with Crippen LogP contribution < -0.4 is 5.32 Å². The number of ether oxygens (including phenoxy) is 1. The van der Waals surface area contributed by atoms with Gasteiger partial charge in [0.2, 0.25) is 15.9 Å². The van der Waals surface area contributed by atoms with Crippen molar-refractivity contribution in [2.75, 3.05) is 19.6 Å². The van der Waals surface area contributed by atoms with Crippen LogP contribution in [0.4, 0.5) is 0 Å². The van der Waals surface area contributed by atoms with Crippen LogP contribution >= 0.6 is 0 Å². The molecule has 3 aliphatic rings. The second-order valence-corrected chi connectivity index (χ2v) is 10.9. The van der Waals surface area contributed by atoms with Crippen molar-refractivity contribution in [1.82, 2.24) is 14.5 Å². The molecule has 2 aromatic rings. The van der Waals surface area contributed by atoms with E-state index in [1.807, 2.05) is 18.2 Å². The Morgan fingerprint density at radius 1 is 1.06 bits per heavy atom. The van der Waals surface area contributed by atoms with Crippen LogP contribution in [0.5, 0.6) is 0 Å². The molecule has 0 bridgehead atoms. The molecule has 0 radical (unpaired) electrons. The van der Waals surface area contributed by atoms with Crippen molar-refractivity contribution in [3.63, 3.8) is 0 Å². The molecule has 0 aliphatic carbocycles. The van der Waals surface area contributed by atoms with Gasteiger partial charge in [-0.15, -0.1) is 0 Å². The van der Waals surface area contributed by atoms with Crippen molar-refractivity contribution < 1.29 is 22.7 Å². The summed E-state index contributed by atoms with van der Waals surface area (Å²) < 4.78 is 33.6. The van der Waals surface area contributed by atoms with Gasteiger partial charge in [0.1, 0.15) is 6.23 Å². The summed E-state index contributed by atoms with van der Waals surface area (Å²) in [5.41, 5.74) is 2.89. The second-order valence-electron chi connectivity index (χ2n) is 8.96. The average Bonchev–Trinajstić information content (AvgIpc) is 3.42. The van der Waals surface area contributed by atoms with E-state index in [1.54, 1.807) is 17.0 Å². The summed E-state index contributed by atoms with van der Waals surface area (Å²) in [5.74, 6) is -0.388. The lowest BCUT2D eigenvalue weighted by Gasteiger charge is -2.29. The highest BCUT2D eigenvalue weighted by Crippen LogP contribution is 2.35. The van der Waals surface area contributed by atoms with Crippen LogP contribution in [-0.2, 0) is 32.5 Å². The number of hydrogen-bond acceptors (Lipinski definition) is 5. The third-order valence-corrected chi connectivity index (χ3v) is 8.69. The van der Waals surface area contributed by atoms with Gasteiger partial charge in [0.05, 0.1) is 11.0 Å². The first-order valence-corrected chi connectivity index (χ1v) is 12.8. The van der Waals surface area contributed by atoms with Crippen molar-refractivity contribution in [3.8, 4) is 0 Å². The van der Waals surface area contributed by atoms with Crippen molar-refractivity contribution in [3.05, 3.63) is 77.9 Å². The van der Waals surface area contributed by atoms with Gasteiger partial charge in [0.25, 0.3) is 5.91 Å². The van der Waals surface area contributed by atoms with Gasteiger partial charge in [0.15, 0.2) is 0 Å². The number of benzene rings is 2. The van der Waals surface area contributed by atoms with Crippen LogP contribution in [0.15, 0.2) is 66.1 Å². The zero-order valence-electron chi connectivity index (χ0n) is 18.7. The minimum atomic E-state index is -3.71. The van der Waals surface area contributed by atoms with Crippen molar-refractivity contribution >= 4 is 21.8 Å². The van der Waals surface area contributed by atoms with Crippen LogP contribution in [-0.4, -0.2) is 61.4 Å². The van der Waals surface area contributed by atoms with E-state index < -0.39 is 16.3 Å². The van der Waals surface area contributed by atoms with Crippen LogP contribution in [0, 0.1) is 5.92 Å². The molecule has 0 spiro atoms. The van der Waals surface area contributed by atoms with Gasteiger partial charge >= 0.3 is 0 Å². The quantitative estimate of drug-likeness (QED) is 0.659. The van der Waals surface area contributed by atoms with Crippen molar-refractivity contribution in [2.45, 2.75) is 36.6 Å². The van der Waals surface area contributed by atoms with Gasteiger partial charge in [0, 0.05) is 37.7 Å². The summed E-state index contributed by atoms with van der Waals surface area (Å²) in [7, 11) is -3.71. The fourth-order valence-corrected chi connectivity index (χ4v) is 6.51. The topological polar surface area (TPSA) is 96.0 Å². The third kappa shape index (κ3) is 4.26. The maximum absolute atomic E-state index is 13.2. The average molecular weight is 482 g/mol. The lowest BCUT2D eigenvalue weighted by atomic mass is 9.99. The van der Waals surface area contributed by atoms with Crippen LogP contribution in [0.3, 0.4) is 0 Å². The smallest absolute Gasteiger partial charge is 0.254 e. The molecular weight excluding hydrogens is 454 g/mol. The molecule has 178 valence electrons. The molecular formula is C25H27N3O5S. The third-order valence-electron chi connectivity index (χ3n) is 6.85. The number of carbonyl (C=O) groups excluding carboxylic acids is 2. The first kappa shape index (κ1) is 22.8. The number of carbonyl (C=O) groups is 2. The molecule has 0 saturated carbocycles. The maximum atomic E-state index is 13.2. The molecule has 2 amide bonds. The van der Waals surface area contributed by atoms with Gasteiger partial charge < -0.3 is 15.0 Å². The zero-order chi connectivity index (χ0) is 23.9. The van der Waals surface area contributed by atoms with E-state index >= 15 is 0 Å². The minimum Gasteiger partial charge on any atom is -0.354 e. The highest BCUT2D eigenvalue weighted by Gasteiger charge is 2.46. The molecule has 8 nitrogen and oxygen atoms in total. The zero-order valence-corrected chi connectivity index (χ0v) is 19.5. The van der Waals surface area contributed by atoms with Crippen molar-refractivity contribution in [1.29, 1.82) is 0 Å². The number of hydrogen-bond donors (Lipinski definition) is 1. The standard InChI is InChI=1S/C25H27N3O5S/c1-2-23(29)26-24-13-20-15-28(16-22(20)33-24)34(31,32)21-9-7-18(8-10-21)25(30)27-12-11-17-5-3-4-6-19(17)14-27/h2-10,20,22,24H,1,11-16H2,(H,26,29). The summed E-state index contributed by atoms with van der Waals surface area (Å²) in [6.07, 6.45) is 1.88. The van der Waals surface area contributed by atoms with Gasteiger partial charge in [-0.3, -0.25) is 9.59 Å². The number of nitrogens with one attached hydrogen (secondary N) is 1. The highest BCUT2D eigenvalue weighted by molar-refractivity contribution is 7.89. The molecule has 3 unspecified atom stereocenters. The Balaban J connectivity index is 1.23. The van der Waals surface area contributed by atoms with Gasteiger partial charge in [-0.25, -0.2) is 8.42 Å². The Bertz CT molecular complexity index is 1210. The van der Waals surface area contributed by atoms with Crippen LogP contribution in [0.2, 0.25) is 0 Å². The molecule has 2 aromatic carbocycles. The molecule has 5 rings (SSSR count). The number of amides is 2. The Labute approximate surface area is 199 Å². The molecule has 34 heavy (non-hydrogen) atoms. The van der Waals surface area contributed by atoms with E-state index in [4.69, 9.17) is 4.74 Å². The van der Waals surface area contributed by atoms with E-state index in [1.165, 1.54) is 28.1 Å². The number of rotatable bonds is 5. The summed E-state index contributed by atoms with van der Waals surface area (Å²) in [4.78, 5) is 26.4. The molecule has 2 fully saturated rings. The SMILES string of the molecule is C=CC(=O)NC1CC2CN(S(=O)(=O)c3ccc(C(=O)N4CCc5ccccc5C4)cc3)CC2O1. The summed E-state index contributed by atoms with van der Waals surface area (Å²) >= 11 is 0. The lowest BCUT2D eigenvalue weighted by molar-refractivity contribution is -0.120. The van der Waals surface area contributed by atoms with Crippen molar-refractivity contribution in [2.24, 2.45) is 5.92 Å². The molecule has 3 atom stereocenters. The van der Waals surface area contributed by atoms with Gasteiger partial charge in [-0.2, -0.15) is 4.31 Å². The van der Waals surface area contributed by atoms with E-state index in [-0.39, 0.29) is 35.3 Å². The first-order chi connectivity index (χ1) is 16.3. The number of nitrogens with zero attached hydrogens (tertiary/aromatic N) is 2. The Morgan fingerprint density at radius 2 is 1.79 bits per heavy atom. The molecule has 1 N–H and O–H groups in total. The summed E-state index contributed by atoms with van der Waals surface area (Å²) in [5, 5.41) is 2.71. The fourth-order valence-electron chi connectivity index (χ4n) is 5.00. The minimum absolute atomic E-state index is 0.0210. The highest BCUT2D eigenvalue weighted by atomic mass is 32.2. The van der Waals surface area contributed by atoms with Gasteiger partial charge in [-0.1, -0.05) is 30.8 Å². The second kappa shape index (κ2) is 8.98. The molecule has 2 saturated heterocycles. The molecule has 3 heterocycles. The predicted molar refractivity (Wildman–Crippen MR) is 125 cm³/mol. The monoisotopic (exact) mass is 481 g/mol. The van der Waals surface area contributed by atoms with Crippen LogP contribution in [0.1, 0.15) is 27.9 Å². The Kier molecular flexibility index (Phi) is 6.01. The Hall–Kier alpha value is -3.01. The van der Waals surface area contributed by atoms with E-state index in [0.717, 1.165) is 12.0 Å². The Morgan fingerprint density at radius 3 is 2.50 bits per heavy atom. The molecule has 3 aliphatic heterocycles. The van der Waals surface area contributed by atoms with Crippen LogP contribution in [0.25, 0.3) is 0 Å². The largest absolute Gasteiger partial charge is 0.354 e. The summed E-state index contributed by atoms with van der Waals surface area (Å²) in [6.45, 7) is 5.19. The van der Waals surface area contributed by atoms with E-state index in [9.17, 15) is 18.0 Å². The number of fused-ring (bicyclic) bond motifs is 2. The fraction of sp³-hybridized carbons (Fsp3) is 0.360. The maximum Gasteiger partial charge on any atom is 0.254 e. The normalized spacial score (nSPS) is 24.4. The van der Waals surface area contributed by atoms with Gasteiger partial charge in [-0.05, 0) is 54.3 Å². The summed E-state index contributed by atoms with van der Waals surface area (Å²) in [6, 6.07) is 14.3. The van der Waals surface area contributed by atoms with E-state index in [2.05, 4.69) is 18.0 Å². The predicted octanol–water partition coefficient (Wildman–Crippen LogP) is 1.92. The molecule has 0 aromatic heterocycles. The molecule has 9 heteroatoms.